The summed E-state index contributed by atoms with van der Waals surface area (Å²) in [6.45, 7) is 0. The van der Waals surface area contributed by atoms with Crippen molar-refractivity contribution in [3.63, 3.8) is 0 Å². The van der Waals surface area contributed by atoms with Gasteiger partial charge in [-0.25, -0.2) is 4.39 Å². The molecule has 1 saturated carbocycles. The van der Waals surface area contributed by atoms with Gasteiger partial charge in [-0.05, 0) is 36.6 Å². The van der Waals surface area contributed by atoms with Gasteiger partial charge in [-0.2, -0.15) is 0 Å². The van der Waals surface area contributed by atoms with E-state index in [0.717, 1.165) is 12.8 Å². The summed E-state index contributed by atoms with van der Waals surface area (Å²) in [5, 5.41) is 3.05. The molecule has 1 fully saturated rings. The van der Waals surface area contributed by atoms with E-state index < -0.39 is 5.82 Å². The van der Waals surface area contributed by atoms with Crippen molar-refractivity contribution in [2.45, 2.75) is 51.0 Å². The minimum absolute atomic E-state index is 0.109. The van der Waals surface area contributed by atoms with Crippen molar-refractivity contribution in [3.8, 4) is 5.75 Å². The topological polar surface area (TPSA) is 38.3 Å². The van der Waals surface area contributed by atoms with Gasteiger partial charge in [0.1, 0.15) is 0 Å². The zero-order valence-corrected chi connectivity index (χ0v) is 13.1. The van der Waals surface area contributed by atoms with Crippen molar-refractivity contribution in [1.82, 2.24) is 5.32 Å². The lowest BCUT2D eigenvalue weighted by Crippen LogP contribution is -2.34. The van der Waals surface area contributed by atoms with E-state index in [-0.39, 0.29) is 17.7 Å². The first-order valence-corrected chi connectivity index (χ1v) is 8.01. The number of methoxy groups -OCH3 is 1. The van der Waals surface area contributed by atoms with Gasteiger partial charge in [0.05, 0.1) is 7.11 Å². The average molecular weight is 305 g/mol. The molecule has 0 heterocycles. The minimum Gasteiger partial charge on any atom is -0.494 e. The van der Waals surface area contributed by atoms with E-state index >= 15 is 0 Å². The second kappa shape index (κ2) is 8.57. The normalized spacial score (nSPS) is 17.0. The molecule has 0 aliphatic heterocycles. The first kappa shape index (κ1) is 16.5. The quantitative estimate of drug-likeness (QED) is 0.851. The molecule has 3 nitrogen and oxygen atoms in total. The lowest BCUT2D eigenvalue weighted by Gasteiger charge is -2.20. The molecule has 0 bridgehead atoms. The Balaban J connectivity index is 1.88. The second-order valence-corrected chi connectivity index (χ2v) is 5.78. The molecule has 0 saturated heterocycles. The summed E-state index contributed by atoms with van der Waals surface area (Å²) in [6, 6.07) is 4.91. The molecule has 1 N–H and O–H groups in total. The molecular formula is C18H24FNO2. The van der Waals surface area contributed by atoms with Crippen molar-refractivity contribution in [3.05, 3.63) is 35.7 Å². The van der Waals surface area contributed by atoms with Crippen molar-refractivity contribution in [2.75, 3.05) is 7.11 Å². The Bertz CT molecular complexity index is 520. The molecule has 0 aromatic heterocycles. The highest BCUT2D eigenvalue weighted by Gasteiger charge is 2.12. The molecule has 2 rings (SSSR count). The molecule has 1 aliphatic carbocycles. The Hall–Kier alpha value is -1.84. The van der Waals surface area contributed by atoms with Crippen molar-refractivity contribution >= 4 is 12.0 Å². The number of carbonyl (C=O) groups is 1. The average Bonchev–Trinajstić information content (AvgIpc) is 2.48. The minimum atomic E-state index is -0.426. The predicted molar refractivity (Wildman–Crippen MR) is 86.2 cm³/mol. The van der Waals surface area contributed by atoms with Crippen LogP contribution >= 0.6 is 0 Å². The maximum Gasteiger partial charge on any atom is 0.244 e. The standard InChI is InChI=1S/C18H24FNO2/c1-22-17-11-9-14(13-16(17)19)10-12-18(21)20-15-7-5-3-2-4-6-8-15/h9-13,15H,2-8H2,1H3,(H,20,21). The number of halogens is 1. The number of benzene rings is 1. The third-order valence-electron chi connectivity index (χ3n) is 4.05. The van der Waals surface area contributed by atoms with Crippen molar-refractivity contribution in [1.29, 1.82) is 0 Å². The van der Waals surface area contributed by atoms with Crippen LogP contribution in [0.25, 0.3) is 6.08 Å². The summed E-state index contributed by atoms with van der Waals surface area (Å²) in [4.78, 5) is 12.0. The van der Waals surface area contributed by atoms with Crippen LogP contribution in [0.4, 0.5) is 4.39 Å². The van der Waals surface area contributed by atoms with E-state index in [1.165, 1.54) is 51.4 Å². The van der Waals surface area contributed by atoms with Crippen LogP contribution in [-0.2, 0) is 4.79 Å². The van der Waals surface area contributed by atoms with E-state index in [2.05, 4.69) is 5.32 Å². The van der Waals surface area contributed by atoms with Crippen LogP contribution in [-0.4, -0.2) is 19.1 Å². The van der Waals surface area contributed by atoms with Crippen LogP contribution in [0.15, 0.2) is 24.3 Å². The summed E-state index contributed by atoms with van der Waals surface area (Å²) >= 11 is 0. The summed E-state index contributed by atoms with van der Waals surface area (Å²) in [7, 11) is 1.43. The van der Waals surface area contributed by atoms with E-state index in [4.69, 9.17) is 4.74 Å². The van der Waals surface area contributed by atoms with Gasteiger partial charge in [0.15, 0.2) is 11.6 Å². The van der Waals surface area contributed by atoms with Gasteiger partial charge in [0, 0.05) is 12.1 Å². The number of amides is 1. The van der Waals surface area contributed by atoms with Gasteiger partial charge in [-0.1, -0.05) is 38.2 Å². The molecule has 0 spiro atoms. The Morgan fingerprint density at radius 1 is 1.23 bits per heavy atom. The largest absolute Gasteiger partial charge is 0.494 e. The summed E-state index contributed by atoms with van der Waals surface area (Å²) in [5.74, 6) is -0.331. The highest BCUT2D eigenvalue weighted by molar-refractivity contribution is 5.91. The van der Waals surface area contributed by atoms with Crippen LogP contribution in [0.1, 0.15) is 50.5 Å². The number of ether oxygens (including phenoxy) is 1. The van der Waals surface area contributed by atoms with Gasteiger partial charge in [0.2, 0.25) is 5.91 Å². The molecule has 0 radical (unpaired) electrons. The fraction of sp³-hybridized carbons (Fsp3) is 0.500. The highest BCUT2D eigenvalue weighted by Crippen LogP contribution is 2.19. The molecule has 4 heteroatoms. The molecule has 1 aromatic carbocycles. The Kier molecular flexibility index (Phi) is 6.44. The van der Waals surface area contributed by atoms with Gasteiger partial charge < -0.3 is 10.1 Å². The lowest BCUT2D eigenvalue weighted by molar-refractivity contribution is -0.117. The number of nitrogens with one attached hydrogen (secondary N) is 1. The SMILES string of the molecule is COc1ccc(C=CC(=O)NC2CCCCCCC2)cc1F. The maximum atomic E-state index is 13.6. The van der Waals surface area contributed by atoms with Gasteiger partial charge in [0.25, 0.3) is 0 Å². The van der Waals surface area contributed by atoms with Crippen LogP contribution < -0.4 is 10.1 Å². The smallest absolute Gasteiger partial charge is 0.244 e. The molecule has 1 aromatic rings. The maximum absolute atomic E-state index is 13.6. The Labute approximate surface area is 131 Å². The predicted octanol–water partition coefficient (Wildman–Crippen LogP) is 4.08. The third-order valence-corrected chi connectivity index (χ3v) is 4.05. The second-order valence-electron chi connectivity index (χ2n) is 5.78. The molecule has 1 aliphatic rings. The molecule has 1 amide bonds. The fourth-order valence-electron chi connectivity index (χ4n) is 2.81. The van der Waals surface area contributed by atoms with Gasteiger partial charge in [-0.3, -0.25) is 4.79 Å². The molecule has 120 valence electrons. The van der Waals surface area contributed by atoms with Gasteiger partial charge >= 0.3 is 0 Å². The summed E-state index contributed by atoms with van der Waals surface area (Å²) in [5.41, 5.74) is 0.645. The van der Waals surface area contributed by atoms with E-state index in [1.807, 2.05) is 0 Å². The highest BCUT2D eigenvalue weighted by atomic mass is 19.1. The van der Waals surface area contributed by atoms with Crippen molar-refractivity contribution < 1.29 is 13.9 Å². The Morgan fingerprint density at radius 3 is 2.55 bits per heavy atom. The van der Waals surface area contributed by atoms with E-state index in [0.29, 0.717) is 5.56 Å². The molecule has 0 atom stereocenters. The molecule has 22 heavy (non-hydrogen) atoms. The molecular weight excluding hydrogens is 281 g/mol. The number of hydrogen-bond donors (Lipinski definition) is 1. The monoisotopic (exact) mass is 305 g/mol. The van der Waals surface area contributed by atoms with Gasteiger partial charge in [-0.15, -0.1) is 0 Å². The third kappa shape index (κ3) is 5.17. The van der Waals surface area contributed by atoms with E-state index in [9.17, 15) is 9.18 Å². The fourth-order valence-corrected chi connectivity index (χ4v) is 2.81. The number of rotatable bonds is 4. The van der Waals surface area contributed by atoms with E-state index in [1.54, 1.807) is 18.2 Å². The number of carbonyl (C=O) groups excluding carboxylic acids is 1. The van der Waals surface area contributed by atoms with Crippen LogP contribution in [0.2, 0.25) is 0 Å². The van der Waals surface area contributed by atoms with Crippen LogP contribution in [0, 0.1) is 5.82 Å². The first-order chi connectivity index (χ1) is 10.7. The first-order valence-electron chi connectivity index (χ1n) is 8.01. The summed E-state index contributed by atoms with van der Waals surface area (Å²) in [6.07, 6.45) is 11.4. The summed E-state index contributed by atoms with van der Waals surface area (Å²) < 4.78 is 18.4. The zero-order chi connectivity index (χ0) is 15.8. The molecule has 0 unspecified atom stereocenters. The number of hydrogen-bond acceptors (Lipinski definition) is 2. The van der Waals surface area contributed by atoms with Crippen molar-refractivity contribution in [2.24, 2.45) is 0 Å². The lowest BCUT2D eigenvalue weighted by atomic mass is 9.97. The zero-order valence-electron chi connectivity index (χ0n) is 13.1. The Morgan fingerprint density at radius 2 is 1.91 bits per heavy atom. The van der Waals surface area contributed by atoms with Crippen LogP contribution in [0.5, 0.6) is 5.75 Å². The van der Waals surface area contributed by atoms with Crippen LogP contribution in [0.3, 0.4) is 0 Å².